The lowest BCUT2D eigenvalue weighted by Crippen LogP contribution is -2.66. The van der Waals surface area contributed by atoms with Gasteiger partial charge in [-0.15, -0.1) is 0 Å². The first-order valence-corrected chi connectivity index (χ1v) is 12.0. The molecule has 0 aromatic heterocycles. The number of carbonyl (C=O) groups is 1. The van der Waals surface area contributed by atoms with Crippen molar-refractivity contribution in [2.45, 2.75) is 89.9 Å². The summed E-state index contributed by atoms with van der Waals surface area (Å²) in [5.41, 5.74) is 3.24. The maximum atomic E-state index is 11.5. The van der Waals surface area contributed by atoms with E-state index >= 15 is 0 Å². The Balaban J connectivity index is 1.64. The molecule has 2 heterocycles. The number of amides is 1. The number of unbranched alkanes of at least 4 members (excludes halogenated alkanes) is 5. The van der Waals surface area contributed by atoms with Gasteiger partial charge in [0.05, 0.1) is 13.2 Å². The van der Waals surface area contributed by atoms with Crippen molar-refractivity contribution in [2.75, 3.05) is 31.2 Å². The van der Waals surface area contributed by atoms with Crippen LogP contribution >= 0.6 is 0 Å². The fourth-order valence-corrected chi connectivity index (χ4v) is 4.66. The molecule has 1 aromatic rings. The second-order valence-electron chi connectivity index (χ2n) is 9.69. The van der Waals surface area contributed by atoms with Crippen LogP contribution in [0, 0.1) is 0 Å². The predicted octanol–water partition coefficient (Wildman–Crippen LogP) is 5.13. The molecule has 6 nitrogen and oxygen atoms in total. The van der Waals surface area contributed by atoms with Gasteiger partial charge in [0.15, 0.2) is 5.79 Å². The third kappa shape index (κ3) is 6.84. The molecule has 174 valence electrons. The highest BCUT2D eigenvalue weighted by Crippen LogP contribution is 2.32. The van der Waals surface area contributed by atoms with E-state index in [0.29, 0.717) is 19.8 Å². The van der Waals surface area contributed by atoms with Crippen molar-refractivity contribution in [3.63, 3.8) is 0 Å². The average molecular weight is 433 g/mol. The second kappa shape index (κ2) is 10.7. The molecule has 0 bridgehead atoms. The summed E-state index contributed by atoms with van der Waals surface area (Å²) in [5.74, 6) is -0.686. The van der Waals surface area contributed by atoms with Crippen LogP contribution in [-0.2, 0) is 22.3 Å². The third-order valence-corrected chi connectivity index (χ3v) is 6.44. The van der Waals surface area contributed by atoms with Gasteiger partial charge in [-0.25, -0.2) is 4.79 Å². The molecular formula is C25H40N2O4. The van der Waals surface area contributed by atoms with Crippen molar-refractivity contribution in [1.29, 1.82) is 0 Å². The fraction of sp³-hybridized carbons (Fsp3) is 0.720. The number of hydrogen-bond donors (Lipinski definition) is 2. The third-order valence-electron chi connectivity index (χ3n) is 6.44. The van der Waals surface area contributed by atoms with E-state index in [1.807, 2.05) is 13.8 Å². The van der Waals surface area contributed by atoms with Gasteiger partial charge in [0.1, 0.15) is 5.54 Å². The van der Waals surface area contributed by atoms with Crippen LogP contribution in [0.4, 0.5) is 10.5 Å². The summed E-state index contributed by atoms with van der Waals surface area (Å²) in [6.07, 6.45) is 10.1. The van der Waals surface area contributed by atoms with Gasteiger partial charge in [-0.3, -0.25) is 0 Å². The van der Waals surface area contributed by atoms with Gasteiger partial charge in [0.2, 0.25) is 0 Å². The molecule has 3 rings (SSSR count). The number of fused-ring (bicyclic) bond motifs is 1. The van der Waals surface area contributed by atoms with Crippen LogP contribution in [0.3, 0.4) is 0 Å². The lowest BCUT2D eigenvalue weighted by molar-refractivity contribution is -0.268. The summed E-state index contributed by atoms with van der Waals surface area (Å²) in [4.78, 5) is 13.8. The number of ether oxygens (including phenoxy) is 2. The van der Waals surface area contributed by atoms with E-state index in [-0.39, 0.29) is 0 Å². The van der Waals surface area contributed by atoms with Crippen molar-refractivity contribution >= 4 is 11.8 Å². The molecule has 0 radical (unpaired) electrons. The maximum Gasteiger partial charge on any atom is 0.405 e. The number of benzene rings is 1. The Labute approximate surface area is 187 Å². The van der Waals surface area contributed by atoms with Gasteiger partial charge >= 0.3 is 6.09 Å². The Hall–Kier alpha value is -1.79. The topological polar surface area (TPSA) is 71.0 Å². The summed E-state index contributed by atoms with van der Waals surface area (Å²) < 4.78 is 11.7. The number of carboxylic acid groups (broad SMARTS) is 1. The number of rotatable bonds is 10. The van der Waals surface area contributed by atoms with Gasteiger partial charge in [-0.1, -0.05) is 51.2 Å². The lowest BCUT2D eigenvalue weighted by atomic mass is 9.93. The van der Waals surface area contributed by atoms with Gasteiger partial charge in [0.25, 0.3) is 0 Å². The summed E-state index contributed by atoms with van der Waals surface area (Å²) in [6.45, 7) is 8.03. The van der Waals surface area contributed by atoms with Crippen LogP contribution in [0.5, 0.6) is 0 Å². The molecule has 31 heavy (non-hydrogen) atoms. The molecule has 0 aliphatic carbocycles. The smallest absolute Gasteiger partial charge is 0.405 e. The van der Waals surface area contributed by atoms with E-state index in [4.69, 9.17) is 9.47 Å². The Morgan fingerprint density at radius 1 is 1.13 bits per heavy atom. The van der Waals surface area contributed by atoms with Crippen LogP contribution in [0.1, 0.15) is 76.8 Å². The van der Waals surface area contributed by atoms with Crippen LogP contribution in [-0.4, -0.2) is 48.8 Å². The number of nitrogens with zero attached hydrogens (tertiary/aromatic N) is 1. The summed E-state index contributed by atoms with van der Waals surface area (Å²) in [5, 5.41) is 12.1. The molecule has 2 aliphatic rings. The number of nitrogens with one attached hydrogen (secondary N) is 1. The molecule has 1 fully saturated rings. The normalized spacial score (nSPS) is 19.6. The number of hydrogen-bond acceptors (Lipinski definition) is 4. The van der Waals surface area contributed by atoms with Crippen molar-refractivity contribution in [3.8, 4) is 0 Å². The zero-order valence-corrected chi connectivity index (χ0v) is 19.5. The molecule has 2 N–H and O–H groups in total. The first kappa shape index (κ1) is 23.9. The van der Waals surface area contributed by atoms with Gasteiger partial charge in [-0.05, 0) is 56.7 Å². The number of anilines is 1. The molecule has 6 heteroatoms. The van der Waals surface area contributed by atoms with E-state index in [0.717, 1.165) is 25.8 Å². The van der Waals surface area contributed by atoms with E-state index in [9.17, 15) is 9.90 Å². The first-order chi connectivity index (χ1) is 14.8. The zero-order valence-electron chi connectivity index (χ0n) is 19.5. The van der Waals surface area contributed by atoms with E-state index in [1.165, 1.54) is 55.3 Å². The molecule has 0 saturated carbocycles. The average Bonchev–Trinajstić information content (AvgIpc) is 2.73. The summed E-state index contributed by atoms with van der Waals surface area (Å²) in [6, 6.07) is 6.84. The van der Waals surface area contributed by atoms with Crippen molar-refractivity contribution in [2.24, 2.45) is 0 Å². The van der Waals surface area contributed by atoms with Crippen LogP contribution in [0.25, 0.3) is 0 Å². The van der Waals surface area contributed by atoms with Crippen molar-refractivity contribution in [3.05, 3.63) is 29.3 Å². The molecule has 0 atom stereocenters. The molecular weight excluding hydrogens is 392 g/mol. The second-order valence-corrected chi connectivity index (χ2v) is 9.69. The van der Waals surface area contributed by atoms with Crippen LogP contribution < -0.4 is 10.2 Å². The highest BCUT2D eigenvalue weighted by atomic mass is 16.7. The van der Waals surface area contributed by atoms with Crippen LogP contribution in [0.15, 0.2) is 18.2 Å². The van der Waals surface area contributed by atoms with E-state index in [1.54, 1.807) is 0 Å². The van der Waals surface area contributed by atoms with Crippen LogP contribution in [0.2, 0.25) is 0 Å². The molecule has 1 saturated heterocycles. The van der Waals surface area contributed by atoms with E-state index < -0.39 is 17.4 Å². The van der Waals surface area contributed by atoms with Gasteiger partial charge in [-0.2, -0.15) is 0 Å². The monoisotopic (exact) mass is 432 g/mol. The van der Waals surface area contributed by atoms with Gasteiger partial charge in [0, 0.05) is 18.8 Å². The van der Waals surface area contributed by atoms with Gasteiger partial charge < -0.3 is 24.8 Å². The standard InChI is InChI=1S/C25H40N2O4/c1-4-5-6-7-8-9-11-20-13-14-22-21(16-20)12-10-15-27(22)17-25(26-23(28)29)18-30-24(2,3)31-19-25/h13-14,16,26H,4-12,15,17-19H2,1-3H3,(H,28,29). The van der Waals surface area contributed by atoms with Crippen molar-refractivity contribution < 1.29 is 19.4 Å². The molecule has 0 spiro atoms. The Morgan fingerprint density at radius 2 is 1.84 bits per heavy atom. The zero-order chi connectivity index (χ0) is 22.3. The van der Waals surface area contributed by atoms with Crippen molar-refractivity contribution in [1.82, 2.24) is 5.32 Å². The quantitative estimate of drug-likeness (QED) is 0.502. The molecule has 2 aliphatic heterocycles. The highest BCUT2D eigenvalue weighted by Gasteiger charge is 2.43. The largest absolute Gasteiger partial charge is 0.465 e. The fourth-order valence-electron chi connectivity index (χ4n) is 4.66. The Bertz CT molecular complexity index is 724. The maximum absolute atomic E-state index is 11.5. The van der Waals surface area contributed by atoms with E-state index in [2.05, 4.69) is 35.3 Å². The summed E-state index contributed by atoms with van der Waals surface area (Å²) in [7, 11) is 0. The molecule has 0 unspecified atom stereocenters. The first-order valence-electron chi connectivity index (χ1n) is 12.0. The summed E-state index contributed by atoms with van der Waals surface area (Å²) >= 11 is 0. The minimum atomic E-state index is -1.04. The minimum Gasteiger partial charge on any atom is -0.465 e. The predicted molar refractivity (Wildman–Crippen MR) is 124 cm³/mol. The number of aryl methyl sites for hydroxylation is 2. The molecule has 1 aromatic carbocycles. The Kier molecular flexibility index (Phi) is 8.23. The SMILES string of the molecule is CCCCCCCCc1ccc2c(c1)CCCN2CC1(NC(=O)O)COC(C)(C)OC1. The highest BCUT2D eigenvalue weighted by molar-refractivity contribution is 5.66. The lowest BCUT2D eigenvalue weighted by Gasteiger charge is -2.46. The Morgan fingerprint density at radius 3 is 2.55 bits per heavy atom. The minimum absolute atomic E-state index is 0.300. The molecule has 1 amide bonds.